The van der Waals surface area contributed by atoms with Crippen molar-refractivity contribution in [3.8, 4) is 11.8 Å². The van der Waals surface area contributed by atoms with E-state index in [9.17, 15) is 4.79 Å². The van der Waals surface area contributed by atoms with Crippen LogP contribution in [-0.2, 0) is 0 Å². The van der Waals surface area contributed by atoms with Gasteiger partial charge >= 0.3 is 0 Å². The van der Waals surface area contributed by atoms with Crippen LogP contribution in [0.1, 0.15) is 40.2 Å². The van der Waals surface area contributed by atoms with Gasteiger partial charge in [-0.3, -0.25) is 9.78 Å². The summed E-state index contributed by atoms with van der Waals surface area (Å²) in [5, 5.41) is 13.8. The first-order valence-corrected chi connectivity index (χ1v) is 7.52. The number of thiophene rings is 1. The minimum absolute atomic E-state index is 0.00989. The average Bonchev–Trinajstić information content (AvgIpc) is 3.04. The van der Waals surface area contributed by atoms with Gasteiger partial charge in [-0.25, -0.2) is 0 Å². The molecule has 0 saturated carbocycles. The van der Waals surface area contributed by atoms with Crippen molar-refractivity contribution in [1.29, 1.82) is 0 Å². The number of carbonyl (C=O) groups is 1. The zero-order chi connectivity index (χ0) is 15.1. The van der Waals surface area contributed by atoms with Crippen LogP contribution in [0.25, 0.3) is 0 Å². The molecule has 2 N–H and O–H groups in total. The summed E-state index contributed by atoms with van der Waals surface area (Å²) in [7, 11) is 0. The number of hydrogen-bond donors (Lipinski definition) is 2. The molecular formula is C16H16N2O2S. The van der Waals surface area contributed by atoms with Gasteiger partial charge in [-0.05, 0) is 23.9 Å². The van der Waals surface area contributed by atoms with Gasteiger partial charge in [-0.1, -0.05) is 24.8 Å². The highest BCUT2D eigenvalue weighted by atomic mass is 32.1. The fourth-order valence-corrected chi connectivity index (χ4v) is 2.79. The second-order valence-electron chi connectivity index (χ2n) is 4.33. The Balaban J connectivity index is 2.20. The van der Waals surface area contributed by atoms with Gasteiger partial charge in [0.1, 0.15) is 6.61 Å². The van der Waals surface area contributed by atoms with Gasteiger partial charge in [0.05, 0.1) is 17.2 Å². The molecule has 1 atom stereocenters. The molecule has 5 heteroatoms. The number of hydrogen-bond acceptors (Lipinski definition) is 4. The van der Waals surface area contributed by atoms with Crippen molar-refractivity contribution in [1.82, 2.24) is 10.3 Å². The maximum absolute atomic E-state index is 12.4. The Morgan fingerprint density at radius 3 is 3.05 bits per heavy atom. The molecular weight excluding hydrogens is 284 g/mol. The molecule has 0 fully saturated rings. The van der Waals surface area contributed by atoms with E-state index in [4.69, 9.17) is 5.11 Å². The summed E-state index contributed by atoms with van der Waals surface area (Å²) in [5.74, 6) is 5.11. The van der Waals surface area contributed by atoms with Crippen LogP contribution in [-0.4, -0.2) is 22.6 Å². The lowest BCUT2D eigenvalue weighted by atomic mass is 10.1. The third kappa shape index (κ3) is 3.91. The molecule has 0 aliphatic heterocycles. The molecule has 2 aromatic heterocycles. The third-order valence-electron chi connectivity index (χ3n) is 2.97. The topological polar surface area (TPSA) is 62.2 Å². The molecule has 1 amide bonds. The molecule has 0 aliphatic rings. The predicted molar refractivity (Wildman–Crippen MR) is 83.0 cm³/mol. The lowest BCUT2D eigenvalue weighted by molar-refractivity contribution is 0.0936. The standard InChI is InChI=1S/C16H16N2O2S/c1-2-14(15-6-4-10-21-15)18-16(20)13-7-8-17-11-12(13)5-3-9-19/h4,6-8,10-11,14,19H,2,9H2,1H3,(H,18,20). The molecule has 0 aromatic carbocycles. The molecule has 108 valence electrons. The molecule has 4 nitrogen and oxygen atoms in total. The largest absolute Gasteiger partial charge is 0.384 e. The second kappa shape index (κ2) is 7.58. The normalized spacial score (nSPS) is 11.3. The highest BCUT2D eigenvalue weighted by Gasteiger charge is 2.16. The van der Waals surface area contributed by atoms with E-state index in [0.29, 0.717) is 11.1 Å². The van der Waals surface area contributed by atoms with Gasteiger partial charge in [0.2, 0.25) is 0 Å². The Morgan fingerprint density at radius 2 is 2.38 bits per heavy atom. The van der Waals surface area contributed by atoms with Gasteiger partial charge in [0, 0.05) is 17.3 Å². The molecule has 0 bridgehead atoms. The lowest BCUT2D eigenvalue weighted by Gasteiger charge is -2.16. The number of aromatic nitrogens is 1. The molecule has 1 unspecified atom stereocenters. The van der Waals surface area contributed by atoms with Gasteiger partial charge in [-0.15, -0.1) is 11.3 Å². The average molecular weight is 300 g/mol. The van der Waals surface area contributed by atoms with Crippen molar-refractivity contribution >= 4 is 17.2 Å². The number of rotatable bonds is 4. The first kappa shape index (κ1) is 15.2. The van der Waals surface area contributed by atoms with Crippen LogP contribution in [0.2, 0.25) is 0 Å². The molecule has 0 spiro atoms. The zero-order valence-electron chi connectivity index (χ0n) is 11.7. The maximum Gasteiger partial charge on any atom is 0.253 e. The molecule has 0 radical (unpaired) electrons. The molecule has 0 saturated heterocycles. The molecule has 21 heavy (non-hydrogen) atoms. The fourth-order valence-electron chi connectivity index (χ4n) is 1.93. The van der Waals surface area contributed by atoms with Crippen LogP contribution in [0.4, 0.5) is 0 Å². The van der Waals surface area contributed by atoms with Crippen molar-refractivity contribution in [2.24, 2.45) is 0 Å². The van der Waals surface area contributed by atoms with Crippen molar-refractivity contribution < 1.29 is 9.90 Å². The fraction of sp³-hybridized carbons (Fsp3) is 0.250. The highest BCUT2D eigenvalue weighted by Crippen LogP contribution is 2.22. The summed E-state index contributed by atoms with van der Waals surface area (Å²) in [6, 6.07) is 5.61. The van der Waals surface area contributed by atoms with Gasteiger partial charge < -0.3 is 10.4 Å². The molecule has 0 aliphatic carbocycles. The van der Waals surface area contributed by atoms with E-state index in [1.54, 1.807) is 23.6 Å². The first-order chi connectivity index (χ1) is 10.3. The van der Waals surface area contributed by atoms with Crippen molar-refractivity contribution in [3.05, 3.63) is 52.0 Å². The van der Waals surface area contributed by atoms with Crippen LogP contribution in [0.15, 0.2) is 36.0 Å². The van der Waals surface area contributed by atoms with Crippen LogP contribution in [0.3, 0.4) is 0 Å². The van der Waals surface area contributed by atoms with E-state index in [2.05, 4.69) is 22.1 Å². The van der Waals surface area contributed by atoms with Crippen molar-refractivity contribution in [2.75, 3.05) is 6.61 Å². The minimum atomic E-state index is -0.247. The Bertz CT molecular complexity index is 656. The third-order valence-corrected chi connectivity index (χ3v) is 3.95. The van der Waals surface area contributed by atoms with Gasteiger partial charge in [0.15, 0.2) is 0 Å². The smallest absolute Gasteiger partial charge is 0.253 e. The number of carbonyl (C=O) groups excluding carboxylic acids is 1. The van der Waals surface area contributed by atoms with Crippen LogP contribution in [0, 0.1) is 11.8 Å². The van der Waals surface area contributed by atoms with E-state index in [0.717, 1.165) is 11.3 Å². The summed E-state index contributed by atoms with van der Waals surface area (Å²) >= 11 is 1.62. The Kier molecular flexibility index (Phi) is 5.50. The highest BCUT2D eigenvalue weighted by molar-refractivity contribution is 7.10. The number of nitrogens with zero attached hydrogens (tertiary/aromatic N) is 1. The number of nitrogens with one attached hydrogen (secondary N) is 1. The first-order valence-electron chi connectivity index (χ1n) is 6.64. The summed E-state index contributed by atoms with van der Waals surface area (Å²) in [6.45, 7) is 1.78. The van der Waals surface area contributed by atoms with E-state index in [1.165, 1.54) is 6.20 Å². The number of aliphatic hydroxyl groups excluding tert-OH is 1. The summed E-state index contributed by atoms with van der Waals surface area (Å²) in [6.07, 6.45) is 3.91. The summed E-state index contributed by atoms with van der Waals surface area (Å²) in [4.78, 5) is 17.5. The van der Waals surface area contributed by atoms with Crippen LogP contribution >= 0.6 is 11.3 Å². The van der Waals surface area contributed by atoms with Crippen LogP contribution in [0.5, 0.6) is 0 Å². The Labute approximate surface area is 127 Å². The van der Waals surface area contributed by atoms with Crippen LogP contribution < -0.4 is 5.32 Å². The maximum atomic E-state index is 12.4. The predicted octanol–water partition coefficient (Wildman–Crippen LogP) is 2.37. The van der Waals surface area contributed by atoms with E-state index in [1.807, 2.05) is 24.4 Å². The van der Waals surface area contributed by atoms with Gasteiger partial charge in [0.25, 0.3) is 5.91 Å². The molecule has 2 rings (SSSR count). The Hall–Kier alpha value is -2.16. The molecule has 2 aromatic rings. The van der Waals surface area contributed by atoms with Gasteiger partial charge in [-0.2, -0.15) is 0 Å². The van der Waals surface area contributed by atoms with Crippen molar-refractivity contribution in [3.63, 3.8) is 0 Å². The SMILES string of the molecule is CCC(NC(=O)c1ccncc1C#CCO)c1cccs1. The molecule has 2 heterocycles. The quantitative estimate of drug-likeness (QED) is 0.852. The summed E-state index contributed by atoms with van der Waals surface area (Å²) in [5.41, 5.74) is 0.992. The number of pyridine rings is 1. The van der Waals surface area contributed by atoms with E-state index < -0.39 is 0 Å². The van der Waals surface area contributed by atoms with E-state index in [-0.39, 0.29) is 18.6 Å². The number of amides is 1. The van der Waals surface area contributed by atoms with E-state index >= 15 is 0 Å². The lowest BCUT2D eigenvalue weighted by Crippen LogP contribution is -2.28. The monoisotopic (exact) mass is 300 g/mol. The van der Waals surface area contributed by atoms with Crippen molar-refractivity contribution in [2.45, 2.75) is 19.4 Å². The minimum Gasteiger partial charge on any atom is -0.384 e. The summed E-state index contributed by atoms with van der Waals surface area (Å²) < 4.78 is 0. The Morgan fingerprint density at radius 1 is 1.52 bits per heavy atom. The second-order valence-corrected chi connectivity index (χ2v) is 5.31. The zero-order valence-corrected chi connectivity index (χ0v) is 12.5. The number of aliphatic hydroxyl groups is 1.